The minimum absolute atomic E-state index is 0.354. The summed E-state index contributed by atoms with van der Waals surface area (Å²) in [7, 11) is 4.25. The molecule has 4 nitrogen and oxygen atoms in total. The number of nitrogens with one attached hydrogen (secondary N) is 2. The van der Waals surface area contributed by atoms with Crippen molar-refractivity contribution in [2.45, 2.75) is 18.4 Å². The first-order valence-corrected chi connectivity index (χ1v) is 5.82. The van der Waals surface area contributed by atoms with Crippen LogP contribution in [0.2, 0.25) is 0 Å². The highest BCUT2D eigenvalue weighted by atomic mass is 32.1. The first-order valence-electron chi connectivity index (χ1n) is 4.59. The normalized spacial score (nSPS) is 18.5. The molecule has 0 amide bonds. The van der Waals surface area contributed by atoms with Gasteiger partial charge in [0.05, 0.1) is 0 Å². The van der Waals surface area contributed by atoms with E-state index in [2.05, 4.69) is 34.5 Å². The molecule has 0 bridgehead atoms. The van der Waals surface area contributed by atoms with Gasteiger partial charge in [-0.3, -0.25) is 5.10 Å². The van der Waals surface area contributed by atoms with Crippen LogP contribution in [-0.4, -0.2) is 41.3 Å². The van der Waals surface area contributed by atoms with E-state index in [1.54, 1.807) is 0 Å². The number of aromatic nitrogens is 2. The highest BCUT2D eigenvalue weighted by molar-refractivity contribution is 7.73. The number of anilines is 1. The summed E-state index contributed by atoms with van der Waals surface area (Å²) < 4.78 is 0.724. The average molecular weight is 230 g/mol. The lowest BCUT2D eigenvalue weighted by Crippen LogP contribution is -2.36. The molecular weight excluding hydrogens is 216 g/mol. The van der Waals surface area contributed by atoms with E-state index in [-0.39, 0.29) is 0 Å². The van der Waals surface area contributed by atoms with E-state index >= 15 is 0 Å². The van der Waals surface area contributed by atoms with Crippen molar-refractivity contribution in [2.24, 2.45) is 0 Å². The molecule has 2 N–H and O–H groups in total. The predicted molar refractivity (Wildman–Crippen MR) is 61.4 cm³/mol. The Hall–Kier alpha value is -0.460. The SMILES string of the molecule is CN(C)C1(CNc2n[nH]c(=S)s2)CC1. The second-order valence-corrected chi connectivity index (χ2v) is 5.56. The smallest absolute Gasteiger partial charge is 0.204 e. The second kappa shape index (κ2) is 3.60. The Bertz CT molecular complexity index is 363. The van der Waals surface area contributed by atoms with Gasteiger partial charge in [0.25, 0.3) is 0 Å². The molecule has 0 aromatic carbocycles. The number of hydrogen-bond donors (Lipinski definition) is 2. The molecule has 0 unspecified atom stereocenters. The van der Waals surface area contributed by atoms with Crippen molar-refractivity contribution in [1.82, 2.24) is 15.1 Å². The van der Waals surface area contributed by atoms with Crippen LogP contribution in [-0.2, 0) is 0 Å². The van der Waals surface area contributed by atoms with Crippen molar-refractivity contribution < 1.29 is 0 Å². The summed E-state index contributed by atoms with van der Waals surface area (Å²) in [5.41, 5.74) is 0.354. The third-order valence-electron chi connectivity index (χ3n) is 2.78. The summed E-state index contributed by atoms with van der Waals surface area (Å²) in [4.78, 5) is 2.28. The number of H-pyrrole nitrogens is 1. The summed E-state index contributed by atoms with van der Waals surface area (Å²) in [6, 6.07) is 0. The van der Waals surface area contributed by atoms with Gasteiger partial charge < -0.3 is 10.2 Å². The lowest BCUT2D eigenvalue weighted by Gasteiger charge is -2.23. The van der Waals surface area contributed by atoms with Crippen LogP contribution in [0, 0.1) is 3.95 Å². The van der Waals surface area contributed by atoms with E-state index in [0.717, 1.165) is 15.6 Å². The molecule has 2 rings (SSSR count). The topological polar surface area (TPSA) is 44.0 Å². The highest BCUT2D eigenvalue weighted by Crippen LogP contribution is 2.40. The molecule has 0 aliphatic heterocycles. The Morgan fingerprint density at radius 2 is 2.36 bits per heavy atom. The maximum atomic E-state index is 4.96. The number of likely N-dealkylation sites (N-methyl/N-ethyl adjacent to an activating group) is 1. The van der Waals surface area contributed by atoms with Gasteiger partial charge in [-0.25, -0.2) is 0 Å². The monoisotopic (exact) mass is 230 g/mol. The maximum absolute atomic E-state index is 4.96. The fraction of sp³-hybridized carbons (Fsp3) is 0.750. The molecule has 14 heavy (non-hydrogen) atoms. The Kier molecular flexibility index (Phi) is 2.59. The number of nitrogens with zero attached hydrogens (tertiary/aromatic N) is 2. The molecule has 1 aliphatic carbocycles. The molecule has 1 aliphatic rings. The molecule has 1 saturated carbocycles. The summed E-state index contributed by atoms with van der Waals surface area (Å²) in [5, 5.41) is 11.0. The molecule has 1 aromatic rings. The molecule has 1 aromatic heterocycles. The Morgan fingerprint density at radius 1 is 1.64 bits per heavy atom. The van der Waals surface area contributed by atoms with Crippen LogP contribution in [0.5, 0.6) is 0 Å². The van der Waals surface area contributed by atoms with Crippen LogP contribution in [0.15, 0.2) is 0 Å². The van der Waals surface area contributed by atoms with Gasteiger partial charge in [-0.2, -0.15) is 0 Å². The fourth-order valence-corrected chi connectivity index (χ4v) is 2.26. The van der Waals surface area contributed by atoms with Crippen LogP contribution in [0.4, 0.5) is 5.13 Å². The van der Waals surface area contributed by atoms with E-state index in [0.29, 0.717) is 5.54 Å². The quantitative estimate of drug-likeness (QED) is 0.773. The van der Waals surface area contributed by atoms with E-state index in [1.807, 2.05) is 0 Å². The molecule has 0 saturated heterocycles. The summed E-state index contributed by atoms with van der Waals surface area (Å²) in [5.74, 6) is 0. The van der Waals surface area contributed by atoms with Crippen LogP contribution in [0.1, 0.15) is 12.8 Å². The zero-order valence-electron chi connectivity index (χ0n) is 8.33. The molecule has 78 valence electrons. The van der Waals surface area contributed by atoms with Gasteiger partial charge in [0.2, 0.25) is 5.13 Å². The van der Waals surface area contributed by atoms with E-state index in [1.165, 1.54) is 24.2 Å². The molecule has 0 atom stereocenters. The zero-order valence-corrected chi connectivity index (χ0v) is 9.97. The van der Waals surface area contributed by atoms with Gasteiger partial charge in [-0.15, -0.1) is 5.10 Å². The van der Waals surface area contributed by atoms with Crippen LogP contribution in [0.3, 0.4) is 0 Å². The summed E-state index contributed by atoms with van der Waals surface area (Å²) in [6.45, 7) is 0.954. The van der Waals surface area contributed by atoms with Crippen LogP contribution < -0.4 is 5.32 Å². The van der Waals surface area contributed by atoms with Crippen LogP contribution in [0.25, 0.3) is 0 Å². The van der Waals surface area contributed by atoms with Crippen molar-refractivity contribution in [1.29, 1.82) is 0 Å². The third-order valence-corrected chi connectivity index (χ3v) is 3.83. The Balaban J connectivity index is 1.92. The molecular formula is C8H14N4S2. The van der Waals surface area contributed by atoms with Gasteiger partial charge in [0, 0.05) is 12.1 Å². The highest BCUT2D eigenvalue weighted by Gasteiger charge is 2.44. The van der Waals surface area contributed by atoms with Gasteiger partial charge in [0.15, 0.2) is 3.95 Å². The average Bonchev–Trinajstić information content (AvgIpc) is 2.82. The molecule has 6 heteroatoms. The summed E-state index contributed by atoms with van der Waals surface area (Å²) >= 11 is 6.44. The van der Waals surface area contributed by atoms with Gasteiger partial charge in [-0.05, 0) is 39.2 Å². The number of aromatic amines is 1. The maximum Gasteiger partial charge on any atom is 0.204 e. The lowest BCUT2D eigenvalue weighted by atomic mass is 10.2. The predicted octanol–water partition coefficient (Wildman–Crippen LogP) is 1.71. The van der Waals surface area contributed by atoms with E-state index < -0.39 is 0 Å². The van der Waals surface area contributed by atoms with Gasteiger partial charge in [0.1, 0.15) is 0 Å². The molecule has 1 fully saturated rings. The zero-order chi connectivity index (χ0) is 10.2. The number of rotatable bonds is 4. The minimum Gasteiger partial charge on any atom is -0.358 e. The van der Waals surface area contributed by atoms with E-state index in [9.17, 15) is 0 Å². The third kappa shape index (κ3) is 1.97. The largest absolute Gasteiger partial charge is 0.358 e. The Labute approximate surface area is 92.3 Å². The van der Waals surface area contributed by atoms with Crippen molar-refractivity contribution in [3.63, 3.8) is 0 Å². The summed E-state index contributed by atoms with van der Waals surface area (Å²) in [6.07, 6.45) is 2.53. The first kappa shape index (κ1) is 10.1. The van der Waals surface area contributed by atoms with Crippen LogP contribution >= 0.6 is 23.6 Å². The molecule has 0 radical (unpaired) electrons. The second-order valence-electron chi connectivity index (χ2n) is 3.89. The minimum atomic E-state index is 0.354. The van der Waals surface area contributed by atoms with Crippen molar-refractivity contribution in [2.75, 3.05) is 26.0 Å². The van der Waals surface area contributed by atoms with Gasteiger partial charge >= 0.3 is 0 Å². The lowest BCUT2D eigenvalue weighted by molar-refractivity contribution is 0.284. The first-order chi connectivity index (χ1) is 6.62. The molecule has 0 spiro atoms. The Morgan fingerprint density at radius 3 is 2.79 bits per heavy atom. The number of hydrogen-bond acceptors (Lipinski definition) is 5. The van der Waals surface area contributed by atoms with Crippen molar-refractivity contribution in [3.05, 3.63) is 3.95 Å². The van der Waals surface area contributed by atoms with Gasteiger partial charge in [-0.1, -0.05) is 11.3 Å². The van der Waals surface area contributed by atoms with Crippen molar-refractivity contribution in [3.8, 4) is 0 Å². The standard InChI is InChI=1S/C8H14N4S2/c1-12(2)8(3-4-8)5-9-6-10-11-7(13)14-6/h3-5H2,1-2H3,(H,9,10)(H,11,13). The fourth-order valence-electron chi connectivity index (χ4n) is 1.47. The van der Waals surface area contributed by atoms with Crippen molar-refractivity contribution >= 4 is 28.7 Å². The van der Waals surface area contributed by atoms with E-state index in [4.69, 9.17) is 12.2 Å². The molecule has 1 heterocycles.